The predicted octanol–water partition coefficient (Wildman–Crippen LogP) is 1.96. The summed E-state index contributed by atoms with van der Waals surface area (Å²) in [7, 11) is 1.62. The lowest BCUT2D eigenvalue weighted by Crippen LogP contribution is -2.35. The Morgan fingerprint density at radius 2 is 2.00 bits per heavy atom. The number of nitrogens with zero attached hydrogens (tertiary/aromatic N) is 2. The standard InChI is InChI=1S/C16H20N2O3S/c1-21-10-5-9-18-15(19)13(12-6-4-11-22-12)14(16(18)20)17-7-2-3-8-17/h4,6,11H,2-3,5,7-10H2,1H3. The number of likely N-dealkylation sites (tertiary alicyclic amines) is 1. The van der Waals surface area contributed by atoms with E-state index < -0.39 is 0 Å². The van der Waals surface area contributed by atoms with Crippen molar-refractivity contribution in [2.75, 3.05) is 33.4 Å². The summed E-state index contributed by atoms with van der Waals surface area (Å²) >= 11 is 1.51. The quantitative estimate of drug-likeness (QED) is 0.594. The van der Waals surface area contributed by atoms with E-state index in [2.05, 4.69) is 4.90 Å². The molecular weight excluding hydrogens is 300 g/mol. The third kappa shape index (κ3) is 2.68. The van der Waals surface area contributed by atoms with Gasteiger partial charge in [-0.1, -0.05) is 6.07 Å². The van der Waals surface area contributed by atoms with E-state index >= 15 is 0 Å². The zero-order chi connectivity index (χ0) is 15.5. The van der Waals surface area contributed by atoms with Gasteiger partial charge >= 0.3 is 0 Å². The summed E-state index contributed by atoms with van der Waals surface area (Å²) in [6.45, 7) is 2.67. The number of rotatable bonds is 6. The Morgan fingerprint density at radius 3 is 2.64 bits per heavy atom. The van der Waals surface area contributed by atoms with E-state index in [1.54, 1.807) is 7.11 Å². The van der Waals surface area contributed by atoms with Crippen molar-refractivity contribution in [2.45, 2.75) is 19.3 Å². The fourth-order valence-corrected chi connectivity index (χ4v) is 3.77. The smallest absolute Gasteiger partial charge is 0.277 e. The summed E-state index contributed by atoms with van der Waals surface area (Å²) in [5, 5.41) is 1.94. The summed E-state index contributed by atoms with van der Waals surface area (Å²) in [6.07, 6.45) is 2.82. The van der Waals surface area contributed by atoms with E-state index in [1.165, 1.54) is 16.2 Å². The fraction of sp³-hybridized carbons (Fsp3) is 0.500. The van der Waals surface area contributed by atoms with Gasteiger partial charge in [0.05, 0.1) is 5.57 Å². The molecular formula is C16H20N2O3S. The van der Waals surface area contributed by atoms with Crippen molar-refractivity contribution in [1.29, 1.82) is 0 Å². The third-order valence-electron chi connectivity index (χ3n) is 4.06. The van der Waals surface area contributed by atoms with Gasteiger partial charge in [-0.05, 0) is 30.7 Å². The number of methoxy groups -OCH3 is 1. The van der Waals surface area contributed by atoms with Gasteiger partial charge in [0, 0.05) is 38.2 Å². The Labute approximate surface area is 134 Å². The first kappa shape index (κ1) is 15.2. The zero-order valence-electron chi connectivity index (χ0n) is 12.7. The molecule has 2 amide bonds. The third-order valence-corrected chi connectivity index (χ3v) is 4.95. The molecule has 6 heteroatoms. The van der Waals surface area contributed by atoms with E-state index in [4.69, 9.17) is 4.74 Å². The lowest BCUT2D eigenvalue weighted by Gasteiger charge is -2.20. The average molecular weight is 320 g/mol. The lowest BCUT2D eigenvalue weighted by atomic mass is 10.2. The minimum atomic E-state index is -0.162. The second-order valence-corrected chi connectivity index (χ2v) is 6.45. The van der Waals surface area contributed by atoms with Crippen LogP contribution in [-0.4, -0.2) is 55.0 Å². The first-order chi connectivity index (χ1) is 10.7. The minimum absolute atomic E-state index is 0.147. The highest BCUT2D eigenvalue weighted by atomic mass is 32.1. The molecule has 0 atom stereocenters. The molecule has 5 nitrogen and oxygen atoms in total. The van der Waals surface area contributed by atoms with Crippen LogP contribution in [-0.2, 0) is 14.3 Å². The Bertz CT molecular complexity index is 589. The highest BCUT2D eigenvalue weighted by Gasteiger charge is 2.42. The second kappa shape index (κ2) is 6.62. The van der Waals surface area contributed by atoms with Crippen molar-refractivity contribution in [1.82, 2.24) is 9.80 Å². The van der Waals surface area contributed by atoms with Gasteiger partial charge in [-0.25, -0.2) is 0 Å². The molecule has 1 saturated heterocycles. The van der Waals surface area contributed by atoms with Crippen LogP contribution in [0.4, 0.5) is 0 Å². The van der Waals surface area contributed by atoms with Gasteiger partial charge in [0.1, 0.15) is 5.70 Å². The molecule has 3 heterocycles. The molecule has 1 aromatic heterocycles. The maximum Gasteiger partial charge on any atom is 0.277 e. The first-order valence-corrected chi connectivity index (χ1v) is 8.50. The molecule has 0 aliphatic carbocycles. The van der Waals surface area contributed by atoms with E-state index in [9.17, 15) is 9.59 Å². The number of carbonyl (C=O) groups is 2. The molecule has 22 heavy (non-hydrogen) atoms. The Balaban J connectivity index is 1.92. The second-order valence-electron chi connectivity index (χ2n) is 5.50. The largest absolute Gasteiger partial charge is 0.385 e. The fourth-order valence-electron chi connectivity index (χ4n) is 3.01. The van der Waals surface area contributed by atoms with E-state index in [0.29, 0.717) is 30.8 Å². The maximum absolute atomic E-state index is 12.8. The molecule has 0 unspecified atom stereocenters. The van der Waals surface area contributed by atoms with Crippen LogP contribution in [0.25, 0.3) is 5.57 Å². The van der Waals surface area contributed by atoms with Crippen LogP contribution < -0.4 is 0 Å². The topological polar surface area (TPSA) is 49.9 Å². The number of hydrogen-bond acceptors (Lipinski definition) is 5. The molecule has 0 bridgehead atoms. The van der Waals surface area contributed by atoms with E-state index in [-0.39, 0.29) is 11.8 Å². The van der Waals surface area contributed by atoms with Crippen LogP contribution in [0.5, 0.6) is 0 Å². The minimum Gasteiger partial charge on any atom is -0.385 e. The van der Waals surface area contributed by atoms with Gasteiger partial charge in [-0.15, -0.1) is 11.3 Å². The Hall–Kier alpha value is -1.66. The SMILES string of the molecule is COCCCN1C(=O)C(c2cccs2)=C(N2CCCC2)C1=O. The van der Waals surface area contributed by atoms with Crippen molar-refractivity contribution in [3.63, 3.8) is 0 Å². The van der Waals surface area contributed by atoms with Crippen molar-refractivity contribution in [3.8, 4) is 0 Å². The molecule has 0 saturated carbocycles. The molecule has 0 radical (unpaired) electrons. The van der Waals surface area contributed by atoms with Crippen LogP contribution in [0.3, 0.4) is 0 Å². The summed E-state index contributed by atoms with van der Waals surface area (Å²) in [5.74, 6) is -0.308. The predicted molar refractivity (Wildman–Crippen MR) is 85.3 cm³/mol. The number of hydrogen-bond donors (Lipinski definition) is 0. The summed E-state index contributed by atoms with van der Waals surface area (Å²) in [5.41, 5.74) is 1.18. The van der Waals surface area contributed by atoms with Crippen LogP contribution in [0.2, 0.25) is 0 Å². The van der Waals surface area contributed by atoms with Crippen molar-refractivity contribution in [2.24, 2.45) is 0 Å². The van der Waals surface area contributed by atoms with Gasteiger partial charge < -0.3 is 9.64 Å². The van der Waals surface area contributed by atoms with Crippen LogP contribution in [0.1, 0.15) is 24.1 Å². The van der Waals surface area contributed by atoms with Gasteiger partial charge in [0.25, 0.3) is 11.8 Å². The molecule has 0 aromatic carbocycles. The first-order valence-electron chi connectivity index (χ1n) is 7.62. The van der Waals surface area contributed by atoms with Crippen LogP contribution in [0.15, 0.2) is 23.2 Å². The van der Waals surface area contributed by atoms with Gasteiger partial charge in [-0.2, -0.15) is 0 Å². The monoisotopic (exact) mass is 320 g/mol. The number of imide groups is 1. The number of thiophene rings is 1. The Morgan fingerprint density at radius 1 is 1.23 bits per heavy atom. The highest BCUT2D eigenvalue weighted by molar-refractivity contribution is 7.11. The molecule has 0 N–H and O–H groups in total. The van der Waals surface area contributed by atoms with Gasteiger partial charge in [0.15, 0.2) is 0 Å². The van der Waals surface area contributed by atoms with Crippen LogP contribution >= 0.6 is 11.3 Å². The summed E-state index contributed by atoms with van der Waals surface area (Å²) in [4.78, 5) is 29.9. The van der Waals surface area contributed by atoms with Crippen molar-refractivity contribution >= 4 is 28.7 Å². The van der Waals surface area contributed by atoms with Gasteiger partial charge in [0.2, 0.25) is 0 Å². The molecule has 3 rings (SSSR count). The molecule has 0 spiro atoms. The summed E-state index contributed by atoms with van der Waals surface area (Å²) < 4.78 is 5.03. The van der Waals surface area contributed by atoms with E-state index in [1.807, 2.05) is 17.5 Å². The number of carbonyl (C=O) groups excluding carboxylic acids is 2. The molecule has 1 aromatic rings. The molecule has 1 fully saturated rings. The maximum atomic E-state index is 12.8. The highest BCUT2D eigenvalue weighted by Crippen LogP contribution is 2.35. The van der Waals surface area contributed by atoms with Gasteiger partial charge in [-0.3, -0.25) is 14.5 Å². The number of ether oxygens (including phenoxy) is 1. The van der Waals surface area contributed by atoms with Crippen molar-refractivity contribution < 1.29 is 14.3 Å². The molecule has 2 aliphatic heterocycles. The molecule has 2 aliphatic rings. The molecule has 118 valence electrons. The normalized spacial score (nSPS) is 19.0. The zero-order valence-corrected chi connectivity index (χ0v) is 13.5. The average Bonchev–Trinajstić information content (AvgIpc) is 3.23. The Kier molecular flexibility index (Phi) is 4.59. The van der Waals surface area contributed by atoms with Crippen LogP contribution in [0, 0.1) is 0 Å². The lowest BCUT2D eigenvalue weighted by molar-refractivity contribution is -0.137. The number of amides is 2. The summed E-state index contributed by atoms with van der Waals surface area (Å²) in [6, 6.07) is 3.83. The van der Waals surface area contributed by atoms with E-state index in [0.717, 1.165) is 30.8 Å². The van der Waals surface area contributed by atoms with Crippen molar-refractivity contribution in [3.05, 3.63) is 28.1 Å².